The molecule has 0 fully saturated rings. The van der Waals surface area contributed by atoms with Crippen LogP contribution in [-0.2, 0) is 0 Å². The fourth-order valence-electron chi connectivity index (χ4n) is 2.08. The molecule has 9 heteroatoms. The van der Waals surface area contributed by atoms with E-state index >= 15 is 0 Å². The van der Waals surface area contributed by atoms with Gasteiger partial charge >= 0.3 is 0 Å². The number of amides is 1. The predicted octanol–water partition coefficient (Wildman–Crippen LogP) is 2.74. The molecule has 1 aliphatic rings. The van der Waals surface area contributed by atoms with Crippen molar-refractivity contribution in [2.45, 2.75) is 0 Å². The molecular weight excluding hydrogens is 338 g/mol. The van der Waals surface area contributed by atoms with Crippen molar-refractivity contribution in [3.05, 3.63) is 62.7 Å². The van der Waals surface area contributed by atoms with Crippen LogP contribution in [0.4, 0.5) is 5.69 Å². The highest BCUT2D eigenvalue weighted by Gasteiger charge is 2.17. The Balaban J connectivity index is 1.72. The first-order chi connectivity index (χ1) is 11.6. The maximum Gasteiger partial charge on any atom is 0.272 e. The maximum absolute atomic E-state index is 12.0. The third-order valence-corrected chi connectivity index (χ3v) is 3.52. The molecule has 0 unspecified atom stereocenters. The molecule has 2 aromatic carbocycles. The van der Waals surface area contributed by atoms with E-state index < -0.39 is 10.8 Å². The standard InChI is InChI=1S/C15H10ClN3O5/c16-12-6-10(19(21)22)4-5-11(12)15(20)18-17-7-9-2-1-3-13-14(9)24-8-23-13/h1-7H,8H2,(H,18,20)/b17-7+. The van der Waals surface area contributed by atoms with Crippen molar-refractivity contribution >= 4 is 29.4 Å². The van der Waals surface area contributed by atoms with Gasteiger partial charge in [0.05, 0.1) is 21.7 Å². The molecule has 1 amide bonds. The molecule has 3 rings (SSSR count). The number of halogens is 1. The van der Waals surface area contributed by atoms with Crippen molar-refractivity contribution in [2.24, 2.45) is 5.10 Å². The Bertz CT molecular complexity index is 853. The normalized spacial score (nSPS) is 12.4. The average Bonchev–Trinajstić information content (AvgIpc) is 3.04. The monoisotopic (exact) mass is 347 g/mol. The number of fused-ring (bicyclic) bond motifs is 1. The van der Waals surface area contributed by atoms with E-state index in [4.69, 9.17) is 21.1 Å². The minimum Gasteiger partial charge on any atom is -0.454 e. The highest BCUT2D eigenvalue weighted by molar-refractivity contribution is 6.34. The second kappa shape index (κ2) is 6.55. The first kappa shape index (κ1) is 15.8. The number of carbonyl (C=O) groups is 1. The van der Waals surface area contributed by atoms with Crippen LogP contribution in [0.5, 0.6) is 11.5 Å². The smallest absolute Gasteiger partial charge is 0.272 e. The summed E-state index contributed by atoms with van der Waals surface area (Å²) in [5, 5.41) is 14.5. The van der Waals surface area contributed by atoms with Gasteiger partial charge in [0.15, 0.2) is 11.5 Å². The number of nitro benzene ring substituents is 1. The van der Waals surface area contributed by atoms with Crippen LogP contribution in [0, 0.1) is 10.1 Å². The van der Waals surface area contributed by atoms with E-state index in [1.807, 2.05) is 0 Å². The lowest BCUT2D eigenvalue weighted by Gasteiger charge is -2.03. The number of nitrogens with one attached hydrogen (secondary N) is 1. The summed E-state index contributed by atoms with van der Waals surface area (Å²) in [5.74, 6) is 0.559. The van der Waals surface area contributed by atoms with E-state index in [2.05, 4.69) is 10.5 Å². The van der Waals surface area contributed by atoms with Crippen LogP contribution >= 0.6 is 11.6 Å². The number of non-ortho nitro benzene ring substituents is 1. The van der Waals surface area contributed by atoms with E-state index in [9.17, 15) is 14.9 Å². The molecule has 1 heterocycles. The lowest BCUT2D eigenvalue weighted by atomic mass is 10.2. The van der Waals surface area contributed by atoms with Crippen LogP contribution in [0.2, 0.25) is 5.02 Å². The molecule has 0 radical (unpaired) electrons. The number of ether oxygens (including phenoxy) is 2. The minimum absolute atomic E-state index is 0.0331. The van der Waals surface area contributed by atoms with Crippen molar-refractivity contribution in [1.29, 1.82) is 0 Å². The van der Waals surface area contributed by atoms with Crippen molar-refractivity contribution in [3.63, 3.8) is 0 Å². The zero-order valence-electron chi connectivity index (χ0n) is 12.1. The van der Waals surface area contributed by atoms with Gasteiger partial charge in [-0.1, -0.05) is 17.7 Å². The van der Waals surface area contributed by atoms with Crippen LogP contribution in [0.3, 0.4) is 0 Å². The summed E-state index contributed by atoms with van der Waals surface area (Å²) in [5.41, 5.74) is 2.83. The summed E-state index contributed by atoms with van der Waals surface area (Å²) in [6.45, 7) is 0.130. The number of para-hydroxylation sites is 1. The topological polar surface area (TPSA) is 103 Å². The molecule has 0 saturated heterocycles. The van der Waals surface area contributed by atoms with Gasteiger partial charge in [0.2, 0.25) is 6.79 Å². The van der Waals surface area contributed by atoms with Crippen molar-refractivity contribution < 1.29 is 19.2 Å². The zero-order chi connectivity index (χ0) is 17.1. The van der Waals surface area contributed by atoms with Crippen molar-refractivity contribution in [2.75, 3.05) is 6.79 Å². The van der Waals surface area contributed by atoms with Gasteiger partial charge in [-0.25, -0.2) is 5.43 Å². The van der Waals surface area contributed by atoms with Crippen LogP contribution in [-0.4, -0.2) is 23.8 Å². The van der Waals surface area contributed by atoms with Gasteiger partial charge in [0.1, 0.15) is 0 Å². The Morgan fingerprint density at radius 1 is 1.33 bits per heavy atom. The van der Waals surface area contributed by atoms with E-state index in [0.717, 1.165) is 6.07 Å². The molecule has 0 atom stereocenters. The predicted molar refractivity (Wildman–Crippen MR) is 85.7 cm³/mol. The van der Waals surface area contributed by atoms with Gasteiger partial charge in [-0.2, -0.15) is 5.10 Å². The second-order valence-electron chi connectivity index (χ2n) is 4.70. The number of carbonyl (C=O) groups excluding carboxylic acids is 1. The number of nitrogens with zero attached hydrogens (tertiary/aromatic N) is 2. The summed E-state index contributed by atoms with van der Waals surface area (Å²) in [4.78, 5) is 22.1. The minimum atomic E-state index is -0.593. The van der Waals surface area contributed by atoms with Gasteiger partial charge in [-0.3, -0.25) is 14.9 Å². The van der Waals surface area contributed by atoms with Gasteiger partial charge in [0.25, 0.3) is 11.6 Å². The number of rotatable bonds is 4. The van der Waals surface area contributed by atoms with Crippen LogP contribution < -0.4 is 14.9 Å². The molecule has 24 heavy (non-hydrogen) atoms. The lowest BCUT2D eigenvalue weighted by Crippen LogP contribution is -2.18. The Kier molecular flexibility index (Phi) is 4.30. The lowest BCUT2D eigenvalue weighted by molar-refractivity contribution is -0.384. The molecule has 0 aromatic heterocycles. The largest absolute Gasteiger partial charge is 0.454 e. The molecule has 0 spiro atoms. The second-order valence-corrected chi connectivity index (χ2v) is 5.11. The summed E-state index contributed by atoms with van der Waals surface area (Å²) < 4.78 is 10.6. The summed E-state index contributed by atoms with van der Waals surface area (Å²) in [6.07, 6.45) is 1.41. The van der Waals surface area contributed by atoms with Gasteiger partial charge in [0, 0.05) is 17.7 Å². The summed E-state index contributed by atoms with van der Waals surface area (Å²) in [7, 11) is 0. The zero-order valence-corrected chi connectivity index (χ0v) is 12.8. The molecule has 1 N–H and O–H groups in total. The van der Waals surface area contributed by atoms with Crippen molar-refractivity contribution in [1.82, 2.24) is 5.43 Å². The van der Waals surface area contributed by atoms with Crippen LogP contribution in [0.1, 0.15) is 15.9 Å². The maximum atomic E-state index is 12.0. The molecule has 1 aliphatic heterocycles. The van der Waals surface area contributed by atoms with Crippen LogP contribution in [0.15, 0.2) is 41.5 Å². The number of benzene rings is 2. The van der Waals surface area contributed by atoms with E-state index in [1.54, 1.807) is 18.2 Å². The van der Waals surface area contributed by atoms with Gasteiger partial charge < -0.3 is 9.47 Å². The van der Waals surface area contributed by atoms with E-state index in [-0.39, 0.29) is 23.1 Å². The van der Waals surface area contributed by atoms with E-state index in [0.29, 0.717) is 17.1 Å². The van der Waals surface area contributed by atoms with Gasteiger partial charge in [-0.05, 0) is 18.2 Å². The number of nitro groups is 1. The Morgan fingerprint density at radius 2 is 2.17 bits per heavy atom. The summed E-state index contributed by atoms with van der Waals surface area (Å²) in [6, 6.07) is 8.85. The van der Waals surface area contributed by atoms with Gasteiger partial charge in [-0.15, -0.1) is 0 Å². The first-order valence-electron chi connectivity index (χ1n) is 6.72. The van der Waals surface area contributed by atoms with E-state index in [1.165, 1.54) is 18.3 Å². The third-order valence-electron chi connectivity index (χ3n) is 3.20. The van der Waals surface area contributed by atoms with Crippen molar-refractivity contribution in [3.8, 4) is 11.5 Å². The molecular formula is C15H10ClN3O5. The number of hydrazone groups is 1. The fraction of sp³-hybridized carbons (Fsp3) is 0.0667. The molecule has 0 bridgehead atoms. The highest BCUT2D eigenvalue weighted by atomic mass is 35.5. The first-order valence-corrected chi connectivity index (χ1v) is 7.10. The van der Waals surface area contributed by atoms with Crippen LogP contribution in [0.25, 0.3) is 0 Å². The summed E-state index contributed by atoms with van der Waals surface area (Å²) >= 11 is 5.89. The highest BCUT2D eigenvalue weighted by Crippen LogP contribution is 2.34. The number of hydrogen-bond donors (Lipinski definition) is 1. The Hall–Kier alpha value is -3.13. The molecule has 0 aliphatic carbocycles. The SMILES string of the molecule is O=C(N/N=C/c1cccc2c1OCO2)c1ccc([N+](=O)[O-])cc1Cl. The fourth-order valence-corrected chi connectivity index (χ4v) is 2.34. The third kappa shape index (κ3) is 3.13. The molecule has 122 valence electrons. The average molecular weight is 348 g/mol. The Morgan fingerprint density at radius 3 is 2.92 bits per heavy atom. The molecule has 0 saturated carbocycles. The Labute approximate surface area is 140 Å². The number of hydrogen-bond acceptors (Lipinski definition) is 6. The quantitative estimate of drug-likeness (QED) is 0.520. The molecule has 2 aromatic rings. The molecule has 8 nitrogen and oxygen atoms in total.